The largest absolute Gasteiger partial charge is 0.497 e. The van der Waals surface area contributed by atoms with Crippen molar-refractivity contribution in [2.75, 3.05) is 26.2 Å². The highest BCUT2D eigenvalue weighted by Gasteiger charge is 2.36. The second-order valence-corrected chi connectivity index (χ2v) is 9.94. The van der Waals surface area contributed by atoms with Crippen LogP contribution < -0.4 is 24.4 Å². The standard InChI is InChI=1S/C30H35N5O5/c1-7-30(2,3)31-29(37)28(20-15-16-25(39-5)26(17-20)40-6)35(21-11-10-12-22(18-21)38-4)27(36)19-34-24-14-9-8-13-23(24)32-33-34/h8-18,28H,7,19H2,1-6H3,(H,31,37). The number of nitrogens with one attached hydrogen (secondary N) is 1. The van der Waals surface area contributed by atoms with E-state index in [2.05, 4.69) is 15.6 Å². The first-order valence-electron chi connectivity index (χ1n) is 13.0. The van der Waals surface area contributed by atoms with Crippen LogP contribution in [0.15, 0.2) is 66.7 Å². The molecule has 4 rings (SSSR count). The maximum absolute atomic E-state index is 14.2. The van der Waals surface area contributed by atoms with E-state index < -0.39 is 11.6 Å². The Labute approximate surface area is 233 Å². The van der Waals surface area contributed by atoms with Crippen LogP contribution in [0.2, 0.25) is 0 Å². The third-order valence-electron chi connectivity index (χ3n) is 6.88. The zero-order valence-corrected chi connectivity index (χ0v) is 23.7. The molecule has 0 aliphatic rings. The molecule has 0 bridgehead atoms. The van der Waals surface area contributed by atoms with E-state index in [1.165, 1.54) is 16.7 Å². The molecule has 1 atom stereocenters. The van der Waals surface area contributed by atoms with Crippen molar-refractivity contribution in [1.29, 1.82) is 0 Å². The maximum Gasteiger partial charge on any atom is 0.249 e. The first kappa shape index (κ1) is 28.4. The molecule has 1 aromatic heterocycles. The SMILES string of the molecule is CCC(C)(C)NC(=O)C(c1ccc(OC)c(OC)c1)N(C(=O)Cn1nnc2ccccc21)c1cccc(OC)c1. The zero-order chi connectivity index (χ0) is 28.9. The Morgan fingerprint density at radius 2 is 1.70 bits per heavy atom. The van der Waals surface area contributed by atoms with Gasteiger partial charge in [-0.05, 0) is 62.2 Å². The summed E-state index contributed by atoms with van der Waals surface area (Å²) in [6, 6.07) is 18.6. The number of methoxy groups -OCH3 is 3. The first-order chi connectivity index (χ1) is 19.2. The minimum Gasteiger partial charge on any atom is -0.497 e. The van der Waals surface area contributed by atoms with Gasteiger partial charge in [0, 0.05) is 17.3 Å². The van der Waals surface area contributed by atoms with Crippen molar-refractivity contribution >= 4 is 28.5 Å². The molecule has 40 heavy (non-hydrogen) atoms. The highest BCUT2D eigenvalue weighted by atomic mass is 16.5. The Kier molecular flexibility index (Phi) is 8.57. The van der Waals surface area contributed by atoms with Crippen molar-refractivity contribution in [1.82, 2.24) is 20.3 Å². The molecule has 0 fully saturated rings. The second-order valence-electron chi connectivity index (χ2n) is 9.94. The van der Waals surface area contributed by atoms with Gasteiger partial charge in [-0.2, -0.15) is 0 Å². The van der Waals surface area contributed by atoms with E-state index in [1.807, 2.05) is 45.0 Å². The van der Waals surface area contributed by atoms with Crippen molar-refractivity contribution in [3.63, 3.8) is 0 Å². The van der Waals surface area contributed by atoms with Crippen LogP contribution in [0.25, 0.3) is 11.0 Å². The van der Waals surface area contributed by atoms with Gasteiger partial charge in [0.15, 0.2) is 11.5 Å². The Balaban J connectivity index is 1.88. The zero-order valence-electron chi connectivity index (χ0n) is 23.7. The molecule has 1 unspecified atom stereocenters. The number of para-hydroxylation sites is 1. The summed E-state index contributed by atoms with van der Waals surface area (Å²) in [5, 5.41) is 11.5. The van der Waals surface area contributed by atoms with Crippen molar-refractivity contribution in [3.05, 3.63) is 72.3 Å². The lowest BCUT2D eigenvalue weighted by Crippen LogP contribution is -2.51. The molecule has 10 nitrogen and oxygen atoms in total. The number of hydrogen-bond acceptors (Lipinski definition) is 7. The number of amides is 2. The van der Waals surface area contributed by atoms with Crippen molar-refractivity contribution in [3.8, 4) is 17.2 Å². The van der Waals surface area contributed by atoms with Crippen LogP contribution in [0.4, 0.5) is 5.69 Å². The fraction of sp³-hybridized carbons (Fsp3) is 0.333. The van der Waals surface area contributed by atoms with E-state index >= 15 is 0 Å². The van der Waals surface area contributed by atoms with Crippen molar-refractivity contribution in [2.24, 2.45) is 0 Å². The topological polar surface area (TPSA) is 108 Å². The molecular weight excluding hydrogens is 510 g/mol. The Morgan fingerprint density at radius 1 is 0.950 bits per heavy atom. The molecule has 0 aliphatic carbocycles. The number of carbonyl (C=O) groups excluding carboxylic acids is 2. The van der Waals surface area contributed by atoms with E-state index in [-0.39, 0.29) is 18.4 Å². The van der Waals surface area contributed by atoms with Gasteiger partial charge >= 0.3 is 0 Å². The van der Waals surface area contributed by atoms with Crippen LogP contribution >= 0.6 is 0 Å². The summed E-state index contributed by atoms with van der Waals surface area (Å²) in [6.07, 6.45) is 0.690. The Morgan fingerprint density at radius 3 is 2.40 bits per heavy atom. The molecule has 2 amide bonds. The number of hydrogen-bond donors (Lipinski definition) is 1. The fourth-order valence-electron chi connectivity index (χ4n) is 4.37. The van der Waals surface area contributed by atoms with Gasteiger partial charge in [0.05, 0.1) is 26.8 Å². The van der Waals surface area contributed by atoms with E-state index in [9.17, 15) is 9.59 Å². The lowest BCUT2D eigenvalue weighted by molar-refractivity contribution is -0.128. The molecule has 1 heterocycles. The smallest absolute Gasteiger partial charge is 0.249 e. The summed E-state index contributed by atoms with van der Waals surface area (Å²) in [5.41, 5.74) is 1.89. The molecule has 10 heteroatoms. The molecule has 0 spiro atoms. The quantitative estimate of drug-likeness (QED) is 0.295. The number of benzene rings is 3. The number of anilines is 1. The lowest BCUT2D eigenvalue weighted by Gasteiger charge is -2.35. The van der Waals surface area contributed by atoms with Crippen LogP contribution in [0.1, 0.15) is 38.8 Å². The summed E-state index contributed by atoms with van der Waals surface area (Å²) < 4.78 is 18.0. The summed E-state index contributed by atoms with van der Waals surface area (Å²) in [4.78, 5) is 29.8. The molecular formula is C30H35N5O5. The monoisotopic (exact) mass is 545 g/mol. The third kappa shape index (κ3) is 6.01. The third-order valence-corrected chi connectivity index (χ3v) is 6.88. The van der Waals surface area contributed by atoms with E-state index in [0.717, 1.165) is 0 Å². The summed E-state index contributed by atoms with van der Waals surface area (Å²) in [7, 11) is 4.62. The summed E-state index contributed by atoms with van der Waals surface area (Å²) in [6.45, 7) is 5.73. The fourth-order valence-corrected chi connectivity index (χ4v) is 4.37. The number of fused-ring (bicyclic) bond motifs is 1. The maximum atomic E-state index is 14.2. The molecule has 1 N–H and O–H groups in total. The van der Waals surface area contributed by atoms with Crippen molar-refractivity contribution < 1.29 is 23.8 Å². The second kappa shape index (κ2) is 12.1. The Bertz CT molecular complexity index is 1500. The highest BCUT2D eigenvalue weighted by molar-refractivity contribution is 6.02. The minimum absolute atomic E-state index is 0.147. The van der Waals surface area contributed by atoms with Crippen LogP contribution in [0.3, 0.4) is 0 Å². The molecule has 0 radical (unpaired) electrons. The van der Waals surface area contributed by atoms with Gasteiger partial charge < -0.3 is 19.5 Å². The number of ether oxygens (including phenoxy) is 3. The number of aromatic nitrogens is 3. The summed E-state index contributed by atoms with van der Waals surface area (Å²) in [5.74, 6) is 0.772. The van der Waals surface area contributed by atoms with Gasteiger partial charge in [0.25, 0.3) is 0 Å². The normalized spacial score (nSPS) is 12.1. The van der Waals surface area contributed by atoms with E-state index in [4.69, 9.17) is 14.2 Å². The van der Waals surface area contributed by atoms with Gasteiger partial charge in [-0.1, -0.05) is 36.4 Å². The van der Waals surface area contributed by atoms with Crippen LogP contribution in [-0.2, 0) is 16.1 Å². The number of rotatable bonds is 11. The minimum atomic E-state index is -1.06. The van der Waals surface area contributed by atoms with E-state index in [1.54, 1.807) is 56.7 Å². The lowest BCUT2D eigenvalue weighted by atomic mass is 9.97. The summed E-state index contributed by atoms with van der Waals surface area (Å²) >= 11 is 0. The van der Waals surface area contributed by atoms with Gasteiger partial charge in [-0.25, -0.2) is 4.68 Å². The van der Waals surface area contributed by atoms with Crippen LogP contribution in [0.5, 0.6) is 17.2 Å². The average Bonchev–Trinajstić information content (AvgIpc) is 3.37. The van der Waals surface area contributed by atoms with Crippen LogP contribution in [0, 0.1) is 0 Å². The highest BCUT2D eigenvalue weighted by Crippen LogP contribution is 2.36. The molecule has 0 saturated carbocycles. The van der Waals surface area contributed by atoms with Gasteiger partial charge in [-0.15, -0.1) is 5.10 Å². The number of carbonyl (C=O) groups is 2. The first-order valence-corrected chi connectivity index (χ1v) is 13.0. The Hall–Kier alpha value is -4.60. The van der Waals surface area contributed by atoms with Gasteiger partial charge in [-0.3, -0.25) is 14.5 Å². The molecule has 0 saturated heterocycles. The van der Waals surface area contributed by atoms with Gasteiger partial charge in [0.2, 0.25) is 11.8 Å². The molecule has 0 aliphatic heterocycles. The van der Waals surface area contributed by atoms with Gasteiger partial charge in [0.1, 0.15) is 23.9 Å². The average molecular weight is 546 g/mol. The molecule has 4 aromatic rings. The van der Waals surface area contributed by atoms with Crippen molar-refractivity contribution in [2.45, 2.75) is 45.3 Å². The predicted octanol–water partition coefficient (Wildman–Crippen LogP) is 4.54. The number of nitrogens with zero attached hydrogens (tertiary/aromatic N) is 4. The molecule has 210 valence electrons. The van der Waals surface area contributed by atoms with E-state index in [0.29, 0.717) is 46.0 Å². The van der Waals surface area contributed by atoms with Crippen LogP contribution in [-0.4, -0.2) is 53.7 Å². The molecule has 3 aromatic carbocycles. The predicted molar refractivity (Wildman–Crippen MR) is 153 cm³/mol.